The molecule has 1 rings (SSSR count). The first-order chi connectivity index (χ1) is 8.40. The van der Waals surface area contributed by atoms with Crippen molar-refractivity contribution in [1.82, 2.24) is 4.90 Å². The van der Waals surface area contributed by atoms with Gasteiger partial charge in [0.2, 0.25) is 0 Å². The lowest BCUT2D eigenvalue weighted by Gasteiger charge is -2.41. The summed E-state index contributed by atoms with van der Waals surface area (Å²) in [6, 6.07) is 0. The smallest absolute Gasteiger partial charge is 0.329 e. The fraction of sp³-hybridized carbons (Fsp3) is 1.00. The standard InChI is InChI=1S/C13H25F3N2/c1-18(10-6-9-13(14,15)16)12(11-17)7-4-2-3-5-8-12/h2-11,17H2,1H3. The van der Waals surface area contributed by atoms with E-state index in [2.05, 4.69) is 4.90 Å². The van der Waals surface area contributed by atoms with Crippen LogP contribution in [0.4, 0.5) is 13.2 Å². The molecule has 18 heavy (non-hydrogen) atoms. The summed E-state index contributed by atoms with van der Waals surface area (Å²) in [6.45, 7) is 1.03. The monoisotopic (exact) mass is 266 g/mol. The van der Waals surface area contributed by atoms with Crippen LogP contribution in [0.3, 0.4) is 0 Å². The highest BCUT2D eigenvalue weighted by atomic mass is 19.4. The van der Waals surface area contributed by atoms with Gasteiger partial charge in [-0.3, -0.25) is 4.90 Å². The Labute approximate surface area is 108 Å². The number of hydrogen-bond acceptors (Lipinski definition) is 2. The van der Waals surface area contributed by atoms with Gasteiger partial charge in [-0.1, -0.05) is 25.7 Å². The molecule has 0 atom stereocenters. The Kier molecular flexibility index (Phi) is 5.92. The van der Waals surface area contributed by atoms with Gasteiger partial charge in [-0.05, 0) is 32.9 Å². The van der Waals surface area contributed by atoms with Gasteiger partial charge in [0.05, 0.1) is 0 Å². The number of rotatable bonds is 5. The van der Waals surface area contributed by atoms with E-state index in [0.717, 1.165) is 25.7 Å². The van der Waals surface area contributed by atoms with Crippen LogP contribution in [0.2, 0.25) is 0 Å². The maximum atomic E-state index is 12.1. The molecule has 1 fully saturated rings. The summed E-state index contributed by atoms with van der Waals surface area (Å²) in [5, 5.41) is 0. The number of halogens is 3. The molecule has 0 aromatic carbocycles. The van der Waals surface area contributed by atoms with E-state index in [9.17, 15) is 13.2 Å². The molecule has 1 aliphatic carbocycles. The van der Waals surface area contributed by atoms with Crippen LogP contribution in [0.15, 0.2) is 0 Å². The zero-order valence-electron chi connectivity index (χ0n) is 11.2. The van der Waals surface area contributed by atoms with E-state index in [1.54, 1.807) is 0 Å². The molecular formula is C13H25F3N2. The highest BCUT2D eigenvalue weighted by Gasteiger charge is 2.34. The predicted octanol–water partition coefficient (Wildman–Crippen LogP) is 3.31. The Morgan fingerprint density at radius 2 is 1.67 bits per heavy atom. The number of likely N-dealkylation sites (N-methyl/N-ethyl adjacent to an activating group) is 1. The maximum absolute atomic E-state index is 12.1. The van der Waals surface area contributed by atoms with E-state index in [0.29, 0.717) is 13.1 Å². The van der Waals surface area contributed by atoms with Crippen molar-refractivity contribution in [3.8, 4) is 0 Å². The molecular weight excluding hydrogens is 241 g/mol. The average molecular weight is 266 g/mol. The lowest BCUT2D eigenvalue weighted by molar-refractivity contribution is -0.136. The Morgan fingerprint density at radius 1 is 1.11 bits per heavy atom. The minimum Gasteiger partial charge on any atom is -0.329 e. The van der Waals surface area contributed by atoms with Gasteiger partial charge < -0.3 is 5.73 Å². The lowest BCUT2D eigenvalue weighted by Crippen LogP contribution is -2.52. The van der Waals surface area contributed by atoms with Crippen LogP contribution in [-0.2, 0) is 0 Å². The molecule has 0 aromatic heterocycles. The average Bonchev–Trinajstić information content (AvgIpc) is 2.53. The molecule has 0 radical (unpaired) electrons. The van der Waals surface area contributed by atoms with Crippen molar-refractivity contribution in [2.45, 2.75) is 63.1 Å². The first kappa shape index (κ1) is 15.8. The zero-order chi connectivity index (χ0) is 13.6. The van der Waals surface area contributed by atoms with Gasteiger partial charge in [-0.2, -0.15) is 13.2 Å². The molecule has 0 amide bonds. The predicted molar refractivity (Wildman–Crippen MR) is 67.4 cm³/mol. The van der Waals surface area contributed by atoms with Crippen molar-refractivity contribution in [2.75, 3.05) is 20.1 Å². The van der Waals surface area contributed by atoms with E-state index < -0.39 is 12.6 Å². The second-order valence-electron chi connectivity index (χ2n) is 5.48. The minimum absolute atomic E-state index is 0.0674. The number of nitrogens with two attached hydrogens (primary N) is 1. The minimum atomic E-state index is -4.04. The molecule has 0 bridgehead atoms. The molecule has 2 nitrogen and oxygen atoms in total. The molecule has 1 saturated carbocycles. The van der Waals surface area contributed by atoms with E-state index >= 15 is 0 Å². The van der Waals surface area contributed by atoms with Crippen LogP contribution in [0.25, 0.3) is 0 Å². The molecule has 0 aromatic rings. The van der Waals surface area contributed by atoms with E-state index in [1.807, 2.05) is 7.05 Å². The second kappa shape index (κ2) is 6.75. The summed E-state index contributed by atoms with van der Waals surface area (Å²) in [6.07, 6.45) is 2.19. The van der Waals surface area contributed by atoms with Crippen LogP contribution >= 0.6 is 0 Å². The van der Waals surface area contributed by atoms with Crippen LogP contribution in [0, 0.1) is 0 Å². The van der Waals surface area contributed by atoms with E-state index in [1.165, 1.54) is 12.8 Å². The third-order valence-electron chi connectivity index (χ3n) is 4.18. The van der Waals surface area contributed by atoms with Gasteiger partial charge in [0, 0.05) is 18.5 Å². The summed E-state index contributed by atoms with van der Waals surface area (Å²) in [4.78, 5) is 2.07. The molecule has 0 spiro atoms. The van der Waals surface area contributed by atoms with E-state index in [4.69, 9.17) is 5.73 Å². The molecule has 5 heteroatoms. The summed E-state index contributed by atoms with van der Waals surface area (Å²) in [5.74, 6) is 0. The number of nitrogens with zero attached hydrogens (tertiary/aromatic N) is 1. The normalized spacial score (nSPS) is 21.0. The van der Waals surface area contributed by atoms with Crippen molar-refractivity contribution in [3.63, 3.8) is 0 Å². The third-order valence-corrected chi connectivity index (χ3v) is 4.18. The Bertz CT molecular complexity index is 233. The Hall–Kier alpha value is -0.290. The highest BCUT2D eigenvalue weighted by molar-refractivity contribution is 4.91. The Morgan fingerprint density at radius 3 is 2.11 bits per heavy atom. The van der Waals surface area contributed by atoms with Gasteiger partial charge in [-0.25, -0.2) is 0 Å². The lowest BCUT2D eigenvalue weighted by atomic mass is 9.88. The SMILES string of the molecule is CN(CCCC(F)(F)F)C1(CN)CCCCCC1. The van der Waals surface area contributed by atoms with Crippen molar-refractivity contribution in [2.24, 2.45) is 5.73 Å². The molecule has 0 heterocycles. The highest BCUT2D eigenvalue weighted by Crippen LogP contribution is 2.31. The van der Waals surface area contributed by atoms with Crippen molar-refractivity contribution in [1.29, 1.82) is 0 Å². The van der Waals surface area contributed by atoms with Crippen molar-refractivity contribution >= 4 is 0 Å². The molecule has 108 valence electrons. The van der Waals surface area contributed by atoms with Gasteiger partial charge >= 0.3 is 6.18 Å². The molecule has 0 unspecified atom stereocenters. The van der Waals surface area contributed by atoms with Crippen LogP contribution in [0.5, 0.6) is 0 Å². The zero-order valence-corrected chi connectivity index (χ0v) is 11.2. The number of hydrogen-bond donors (Lipinski definition) is 1. The van der Waals surface area contributed by atoms with Crippen molar-refractivity contribution in [3.05, 3.63) is 0 Å². The molecule has 0 aliphatic heterocycles. The summed E-state index contributed by atoms with van der Waals surface area (Å²) in [7, 11) is 1.93. The Balaban J connectivity index is 2.47. The molecule has 1 aliphatic rings. The second-order valence-corrected chi connectivity index (χ2v) is 5.48. The van der Waals surface area contributed by atoms with Crippen LogP contribution < -0.4 is 5.73 Å². The fourth-order valence-electron chi connectivity index (χ4n) is 2.88. The maximum Gasteiger partial charge on any atom is 0.389 e. The topological polar surface area (TPSA) is 29.3 Å². The number of alkyl halides is 3. The van der Waals surface area contributed by atoms with Crippen LogP contribution in [0.1, 0.15) is 51.4 Å². The molecule has 0 saturated heterocycles. The first-order valence-electron chi connectivity index (χ1n) is 6.88. The summed E-state index contributed by atoms with van der Waals surface area (Å²) >= 11 is 0. The summed E-state index contributed by atoms with van der Waals surface area (Å²) in [5.41, 5.74) is 5.83. The van der Waals surface area contributed by atoms with Gasteiger partial charge in [-0.15, -0.1) is 0 Å². The first-order valence-corrected chi connectivity index (χ1v) is 6.88. The molecule has 2 N–H and O–H groups in total. The van der Waals surface area contributed by atoms with Gasteiger partial charge in [0.25, 0.3) is 0 Å². The van der Waals surface area contributed by atoms with E-state index in [-0.39, 0.29) is 12.0 Å². The largest absolute Gasteiger partial charge is 0.389 e. The van der Waals surface area contributed by atoms with Gasteiger partial charge in [0.1, 0.15) is 0 Å². The third kappa shape index (κ3) is 4.76. The fourth-order valence-corrected chi connectivity index (χ4v) is 2.88. The quantitative estimate of drug-likeness (QED) is 0.773. The van der Waals surface area contributed by atoms with Crippen LogP contribution in [-0.4, -0.2) is 36.8 Å². The summed E-state index contributed by atoms with van der Waals surface area (Å²) < 4.78 is 36.4. The van der Waals surface area contributed by atoms with Crippen molar-refractivity contribution < 1.29 is 13.2 Å². The van der Waals surface area contributed by atoms with Gasteiger partial charge in [0.15, 0.2) is 0 Å².